The second-order valence-electron chi connectivity index (χ2n) is 7.79. The molecular weight excluding hydrogens is 366 g/mol. The van der Waals surface area contributed by atoms with E-state index in [4.69, 9.17) is 4.74 Å². The molecule has 0 bridgehead atoms. The van der Waals surface area contributed by atoms with Crippen molar-refractivity contribution in [1.29, 1.82) is 0 Å². The third kappa shape index (κ3) is 5.56. The molecule has 1 aliphatic rings. The van der Waals surface area contributed by atoms with E-state index >= 15 is 0 Å². The molecule has 29 heavy (non-hydrogen) atoms. The third-order valence-corrected chi connectivity index (χ3v) is 5.29. The molecule has 1 unspecified atom stereocenters. The minimum Gasteiger partial charge on any atom is -0.481 e. The number of carbonyl (C=O) groups is 2. The summed E-state index contributed by atoms with van der Waals surface area (Å²) in [7, 11) is 0. The van der Waals surface area contributed by atoms with E-state index in [1.165, 1.54) is 5.56 Å². The maximum Gasteiger partial charge on any atom is 0.263 e. The molecule has 0 saturated carbocycles. The Morgan fingerprint density at radius 1 is 1.03 bits per heavy atom. The number of likely N-dealkylation sites (tertiary alicyclic amines) is 1. The lowest BCUT2D eigenvalue weighted by molar-refractivity contribution is -0.139. The number of benzene rings is 1. The van der Waals surface area contributed by atoms with E-state index in [0.717, 1.165) is 12.8 Å². The van der Waals surface area contributed by atoms with Crippen molar-refractivity contribution in [3.8, 4) is 5.75 Å². The fourth-order valence-corrected chi connectivity index (χ4v) is 3.46. The first-order chi connectivity index (χ1) is 13.9. The van der Waals surface area contributed by atoms with Gasteiger partial charge in [-0.25, -0.2) is 0 Å². The van der Waals surface area contributed by atoms with Crippen LogP contribution in [0.4, 0.5) is 0 Å². The van der Waals surface area contributed by atoms with Crippen LogP contribution in [0.5, 0.6) is 5.75 Å². The number of ether oxygens (including phenoxy) is 1. The van der Waals surface area contributed by atoms with Crippen LogP contribution in [-0.2, 0) is 4.79 Å². The molecule has 1 saturated heterocycles. The predicted molar refractivity (Wildman–Crippen MR) is 112 cm³/mol. The van der Waals surface area contributed by atoms with Gasteiger partial charge in [0.15, 0.2) is 6.10 Å². The number of pyridine rings is 1. The number of hydrogen-bond acceptors (Lipinski definition) is 4. The quantitative estimate of drug-likeness (QED) is 0.814. The van der Waals surface area contributed by atoms with Crippen molar-refractivity contribution in [1.82, 2.24) is 15.2 Å². The first-order valence-electron chi connectivity index (χ1n) is 10.2. The molecule has 1 aromatic carbocycles. The standard InChI is InChI=1S/C23H29N3O3/c1-16(2)18-4-6-21(7-5-18)29-17(3)23(28)26-14-10-20(11-15-26)25-22(27)19-8-12-24-13-9-19/h4-9,12-13,16-17,20H,10-11,14-15H2,1-3H3,(H,25,27). The van der Waals surface area contributed by atoms with Gasteiger partial charge in [0, 0.05) is 37.1 Å². The van der Waals surface area contributed by atoms with Gasteiger partial charge in [0.1, 0.15) is 5.75 Å². The summed E-state index contributed by atoms with van der Waals surface area (Å²) in [6.07, 6.45) is 4.14. The summed E-state index contributed by atoms with van der Waals surface area (Å²) in [5.74, 6) is 1.05. The van der Waals surface area contributed by atoms with Gasteiger partial charge in [0.25, 0.3) is 11.8 Å². The Hall–Kier alpha value is -2.89. The van der Waals surface area contributed by atoms with Gasteiger partial charge in [-0.15, -0.1) is 0 Å². The smallest absolute Gasteiger partial charge is 0.263 e. The molecule has 2 amide bonds. The number of carbonyl (C=O) groups excluding carboxylic acids is 2. The van der Waals surface area contributed by atoms with E-state index in [-0.39, 0.29) is 17.9 Å². The zero-order valence-electron chi connectivity index (χ0n) is 17.3. The number of aromatic nitrogens is 1. The maximum absolute atomic E-state index is 12.7. The molecule has 0 spiro atoms. The summed E-state index contributed by atoms with van der Waals surface area (Å²) in [6.45, 7) is 7.30. The molecule has 1 atom stereocenters. The van der Waals surface area contributed by atoms with E-state index in [1.807, 2.05) is 29.2 Å². The summed E-state index contributed by atoms with van der Waals surface area (Å²) >= 11 is 0. The van der Waals surface area contributed by atoms with Crippen molar-refractivity contribution >= 4 is 11.8 Å². The van der Waals surface area contributed by atoms with Crippen molar-refractivity contribution in [3.63, 3.8) is 0 Å². The van der Waals surface area contributed by atoms with Crippen LogP contribution in [-0.4, -0.2) is 46.9 Å². The molecule has 0 aliphatic carbocycles. The third-order valence-electron chi connectivity index (χ3n) is 5.29. The van der Waals surface area contributed by atoms with Gasteiger partial charge in [-0.05, 0) is 55.5 Å². The van der Waals surface area contributed by atoms with Crippen molar-refractivity contribution in [2.45, 2.75) is 51.7 Å². The van der Waals surface area contributed by atoms with E-state index < -0.39 is 6.10 Å². The number of piperidine rings is 1. The highest BCUT2D eigenvalue weighted by Crippen LogP contribution is 2.20. The lowest BCUT2D eigenvalue weighted by Gasteiger charge is -2.33. The Morgan fingerprint density at radius 3 is 2.24 bits per heavy atom. The molecule has 2 heterocycles. The number of hydrogen-bond donors (Lipinski definition) is 1. The number of amides is 2. The Kier molecular flexibility index (Phi) is 6.86. The zero-order valence-corrected chi connectivity index (χ0v) is 17.3. The van der Waals surface area contributed by atoms with Gasteiger partial charge >= 0.3 is 0 Å². The van der Waals surface area contributed by atoms with Crippen molar-refractivity contribution < 1.29 is 14.3 Å². The lowest BCUT2D eigenvalue weighted by Crippen LogP contribution is -2.49. The molecule has 0 radical (unpaired) electrons. The number of rotatable bonds is 6. The highest BCUT2D eigenvalue weighted by Gasteiger charge is 2.27. The first-order valence-corrected chi connectivity index (χ1v) is 10.2. The van der Waals surface area contributed by atoms with Gasteiger partial charge in [-0.2, -0.15) is 0 Å². The fourth-order valence-electron chi connectivity index (χ4n) is 3.46. The normalized spacial score (nSPS) is 15.8. The predicted octanol–water partition coefficient (Wildman–Crippen LogP) is 3.39. The summed E-state index contributed by atoms with van der Waals surface area (Å²) in [5, 5.41) is 3.04. The van der Waals surface area contributed by atoms with Gasteiger partial charge in [-0.1, -0.05) is 26.0 Å². The average molecular weight is 396 g/mol. The molecule has 6 heteroatoms. The monoisotopic (exact) mass is 395 g/mol. The van der Waals surface area contributed by atoms with Crippen LogP contribution in [0, 0.1) is 0 Å². The van der Waals surface area contributed by atoms with Crippen LogP contribution >= 0.6 is 0 Å². The fraction of sp³-hybridized carbons (Fsp3) is 0.435. The Bertz CT molecular complexity index is 813. The molecular formula is C23H29N3O3. The van der Waals surface area contributed by atoms with Crippen LogP contribution in [0.25, 0.3) is 0 Å². The molecule has 6 nitrogen and oxygen atoms in total. The SMILES string of the molecule is CC(Oc1ccc(C(C)C)cc1)C(=O)N1CCC(NC(=O)c2ccncc2)CC1. The topological polar surface area (TPSA) is 71.5 Å². The van der Waals surface area contributed by atoms with Crippen LogP contribution < -0.4 is 10.1 Å². The second-order valence-corrected chi connectivity index (χ2v) is 7.79. The van der Waals surface area contributed by atoms with E-state index in [2.05, 4.69) is 24.1 Å². The molecule has 1 fully saturated rings. The van der Waals surface area contributed by atoms with Crippen LogP contribution in [0.15, 0.2) is 48.8 Å². The maximum atomic E-state index is 12.7. The Morgan fingerprint density at radius 2 is 1.66 bits per heavy atom. The highest BCUT2D eigenvalue weighted by atomic mass is 16.5. The molecule has 1 N–H and O–H groups in total. The van der Waals surface area contributed by atoms with Gasteiger partial charge in [-0.3, -0.25) is 14.6 Å². The van der Waals surface area contributed by atoms with Crippen LogP contribution in [0.3, 0.4) is 0 Å². The molecule has 2 aromatic rings. The van der Waals surface area contributed by atoms with E-state index in [9.17, 15) is 9.59 Å². The largest absolute Gasteiger partial charge is 0.481 e. The first kappa shape index (κ1) is 20.8. The van der Waals surface area contributed by atoms with Gasteiger partial charge in [0.05, 0.1) is 0 Å². The second kappa shape index (κ2) is 9.54. The average Bonchev–Trinajstić information content (AvgIpc) is 2.74. The molecule has 1 aromatic heterocycles. The van der Waals surface area contributed by atoms with Gasteiger partial charge < -0.3 is 15.0 Å². The Labute approximate surface area is 172 Å². The molecule has 3 rings (SSSR count). The zero-order chi connectivity index (χ0) is 20.8. The van der Waals surface area contributed by atoms with Gasteiger partial charge in [0.2, 0.25) is 0 Å². The van der Waals surface area contributed by atoms with E-state index in [1.54, 1.807) is 31.5 Å². The molecule has 154 valence electrons. The minimum atomic E-state index is -0.539. The van der Waals surface area contributed by atoms with Crippen molar-refractivity contribution in [2.75, 3.05) is 13.1 Å². The van der Waals surface area contributed by atoms with Crippen LogP contribution in [0.2, 0.25) is 0 Å². The molecule has 1 aliphatic heterocycles. The number of nitrogens with one attached hydrogen (secondary N) is 1. The van der Waals surface area contributed by atoms with Crippen LogP contribution in [0.1, 0.15) is 55.5 Å². The van der Waals surface area contributed by atoms with E-state index in [0.29, 0.717) is 30.3 Å². The summed E-state index contributed by atoms with van der Waals surface area (Å²) in [5.41, 5.74) is 1.84. The highest BCUT2D eigenvalue weighted by molar-refractivity contribution is 5.94. The summed E-state index contributed by atoms with van der Waals surface area (Å²) < 4.78 is 5.85. The minimum absolute atomic E-state index is 0.0168. The Balaban J connectivity index is 1.47. The summed E-state index contributed by atoms with van der Waals surface area (Å²) in [4.78, 5) is 30.7. The summed E-state index contributed by atoms with van der Waals surface area (Å²) in [6, 6.07) is 11.4. The number of nitrogens with zero attached hydrogens (tertiary/aromatic N) is 2. The van der Waals surface area contributed by atoms with Crippen molar-refractivity contribution in [3.05, 3.63) is 59.9 Å². The lowest BCUT2D eigenvalue weighted by atomic mass is 10.0. The van der Waals surface area contributed by atoms with Crippen molar-refractivity contribution in [2.24, 2.45) is 0 Å².